The Morgan fingerprint density at radius 2 is 2.38 bits per heavy atom. The Bertz CT molecular complexity index is 70.1. The van der Waals surface area contributed by atoms with Gasteiger partial charge in [0.15, 0.2) is 0 Å². The van der Waals surface area contributed by atoms with Crippen molar-refractivity contribution in [1.82, 2.24) is 4.90 Å². The van der Waals surface area contributed by atoms with Crippen LogP contribution in [0, 0.1) is 0 Å². The third-order valence-corrected chi connectivity index (χ3v) is 0.883. The molecule has 0 saturated carbocycles. The maximum atomic E-state index is 5.11. The molecule has 0 heterocycles. The van der Waals surface area contributed by atoms with Gasteiger partial charge in [0.25, 0.3) is 0 Å². The van der Waals surface area contributed by atoms with E-state index in [2.05, 4.69) is 11.9 Å². The Balaban J connectivity index is 3.21. The molecular weight excluding hydrogens is 102 g/mol. The molecule has 0 spiro atoms. The van der Waals surface area contributed by atoms with Gasteiger partial charge in [-0.1, -0.05) is 0 Å². The van der Waals surface area contributed by atoms with Gasteiger partial charge in [-0.2, -0.15) is 0 Å². The van der Waals surface area contributed by atoms with Gasteiger partial charge >= 0.3 is 0 Å². The number of rotatable bonds is 3. The fourth-order valence-corrected chi connectivity index (χ4v) is 0.268. The second kappa shape index (κ2) is 4.59. The van der Waals surface area contributed by atoms with Crippen molar-refractivity contribution in [1.29, 1.82) is 0 Å². The predicted octanol–water partition coefficient (Wildman–Crippen LogP) is -0.117. The molecule has 0 saturated heterocycles. The Morgan fingerprint density at radius 1 is 1.75 bits per heavy atom. The van der Waals surface area contributed by atoms with E-state index in [-0.39, 0.29) is 0 Å². The molecule has 0 aliphatic heterocycles. The van der Waals surface area contributed by atoms with Crippen LogP contribution < -0.4 is 5.73 Å². The fourth-order valence-electron chi connectivity index (χ4n) is 0.268. The van der Waals surface area contributed by atoms with Crippen molar-refractivity contribution in [2.24, 2.45) is 10.7 Å². The largest absolute Gasteiger partial charge is 0.366 e. The molecule has 0 fully saturated rings. The second-order valence-electron chi connectivity index (χ2n) is 1.55. The van der Waals surface area contributed by atoms with Gasteiger partial charge in [0.2, 0.25) is 0 Å². The van der Waals surface area contributed by atoms with Crippen LogP contribution in [-0.4, -0.2) is 31.5 Å². The molecule has 8 heavy (non-hydrogen) atoms. The van der Waals surface area contributed by atoms with Crippen molar-refractivity contribution in [2.75, 3.05) is 20.3 Å². The van der Waals surface area contributed by atoms with E-state index in [0.717, 1.165) is 6.54 Å². The molecule has 3 nitrogen and oxygen atoms in total. The summed E-state index contributed by atoms with van der Waals surface area (Å²) in [7, 11) is 1.96. The summed E-state index contributed by atoms with van der Waals surface area (Å²) in [5.41, 5.74) is 5.11. The Morgan fingerprint density at radius 3 is 2.75 bits per heavy atom. The number of aliphatic imine (C=N–C) groups is 1. The fraction of sp³-hybridized carbons (Fsp3) is 0.800. The molecule has 0 amide bonds. The van der Waals surface area contributed by atoms with Crippen molar-refractivity contribution >= 4 is 6.34 Å². The van der Waals surface area contributed by atoms with Gasteiger partial charge in [-0.25, -0.2) is 0 Å². The van der Waals surface area contributed by atoms with Gasteiger partial charge in [0.05, 0.1) is 13.0 Å². The zero-order valence-corrected chi connectivity index (χ0v) is 5.46. The topological polar surface area (TPSA) is 41.6 Å². The monoisotopic (exact) mass is 115 g/mol. The summed E-state index contributed by atoms with van der Waals surface area (Å²) in [6.45, 7) is 3.41. The minimum Gasteiger partial charge on any atom is -0.366 e. The van der Waals surface area contributed by atoms with E-state index >= 15 is 0 Å². The van der Waals surface area contributed by atoms with Gasteiger partial charge in [-0.3, -0.25) is 4.99 Å². The first kappa shape index (κ1) is 7.43. The lowest BCUT2D eigenvalue weighted by Gasteiger charge is -2.06. The van der Waals surface area contributed by atoms with Gasteiger partial charge in [0, 0.05) is 13.6 Å². The summed E-state index contributed by atoms with van der Waals surface area (Å²) in [6, 6.07) is 0. The maximum Gasteiger partial charge on any atom is 0.0876 e. The van der Waals surface area contributed by atoms with Crippen LogP contribution in [0.5, 0.6) is 0 Å². The minimum absolute atomic E-state index is 0.379. The van der Waals surface area contributed by atoms with E-state index in [1.807, 2.05) is 11.9 Å². The number of nitrogens with two attached hydrogens (primary N) is 1. The molecule has 0 bridgehead atoms. The van der Waals surface area contributed by atoms with Gasteiger partial charge in [-0.15, -0.1) is 0 Å². The standard InChI is InChI=1S/C5H13N3/c1-3-8(2)5-7-4-6/h5H,3-4,6H2,1-2H3. The van der Waals surface area contributed by atoms with E-state index in [1.165, 1.54) is 0 Å². The zero-order valence-electron chi connectivity index (χ0n) is 5.46. The summed E-state index contributed by atoms with van der Waals surface area (Å²) >= 11 is 0. The average molecular weight is 115 g/mol. The van der Waals surface area contributed by atoms with E-state index < -0.39 is 0 Å². The van der Waals surface area contributed by atoms with Crippen molar-refractivity contribution < 1.29 is 0 Å². The minimum atomic E-state index is 0.379. The molecule has 0 aliphatic rings. The van der Waals surface area contributed by atoms with Gasteiger partial charge in [-0.05, 0) is 6.92 Å². The molecule has 0 atom stereocenters. The van der Waals surface area contributed by atoms with Gasteiger partial charge < -0.3 is 10.6 Å². The third-order valence-electron chi connectivity index (χ3n) is 0.883. The molecule has 0 radical (unpaired) electrons. The highest BCUT2D eigenvalue weighted by Crippen LogP contribution is 1.71. The summed E-state index contributed by atoms with van der Waals surface area (Å²) < 4.78 is 0. The van der Waals surface area contributed by atoms with Crippen molar-refractivity contribution in [3.8, 4) is 0 Å². The molecule has 0 aromatic rings. The highest BCUT2D eigenvalue weighted by Gasteiger charge is 1.79. The molecule has 3 heteroatoms. The Hall–Kier alpha value is -0.570. The number of hydrogen-bond donors (Lipinski definition) is 1. The molecule has 0 rings (SSSR count). The Labute approximate surface area is 50.2 Å². The van der Waals surface area contributed by atoms with E-state index in [9.17, 15) is 0 Å². The van der Waals surface area contributed by atoms with Crippen LogP contribution in [0.2, 0.25) is 0 Å². The number of hydrogen-bond acceptors (Lipinski definition) is 2. The van der Waals surface area contributed by atoms with E-state index in [1.54, 1.807) is 6.34 Å². The van der Waals surface area contributed by atoms with Crippen molar-refractivity contribution in [3.05, 3.63) is 0 Å². The first-order valence-corrected chi connectivity index (χ1v) is 2.71. The molecule has 0 aromatic carbocycles. The van der Waals surface area contributed by atoms with E-state index in [4.69, 9.17) is 5.73 Å². The average Bonchev–Trinajstić information content (AvgIpc) is 1.83. The maximum absolute atomic E-state index is 5.11. The van der Waals surface area contributed by atoms with Crippen molar-refractivity contribution in [3.63, 3.8) is 0 Å². The first-order valence-electron chi connectivity index (χ1n) is 2.71. The molecular formula is C5H13N3. The quantitative estimate of drug-likeness (QED) is 0.411. The first-order chi connectivity index (χ1) is 3.81. The zero-order chi connectivity index (χ0) is 6.41. The van der Waals surface area contributed by atoms with Gasteiger partial charge in [0.1, 0.15) is 0 Å². The normalized spacial score (nSPS) is 10.4. The van der Waals surface area contributed by atoms with Crippen LogP contribution in [0.1, 0.15) is 6.92 Å². The SMILES string of the molecule is CCN(C)C=NCN. The highest BCUT2D eigenvalue weighted by molar-refractivity contribution is 5.53. The summed E-state index contributed by atoms with van der Waals surface area (Å²) in [5, 5.41) is 0. The van der Waals surface area contributed by atoms with Crippen LogP contribution in [0.15, 0.2) is 4.99 Å². The molecule has 2 N–H and O–H groups in total. The van der Waals surface area contributed by atoms with Crippen LogP contribution in [0.4, 0.5) is 0 Å². The Kier molecular flexibility index (Phi) is 4.26. The van der Waals surface area contributed by atoms with Crippen LogP contribution in [0.3, 0.4) is 0 Å². The van der Waals surface area contributed by atoms with Crippen LogP contribution >= 0.6 is 0 Å². The summed E-state index contributed by atoms with van der Waals surface area (Å²) in [6.07, 6.45) is 1.74. The smallest absolute Gasteiger partial charge is 0.0876 e. The van der Waals surface area contributed by atoms with Crippen LogP contribution in [-0.2, 0) is 0 Å². The summed E-state index contributed by atoms with van der Waals surface area (Å²) in [5.74, 6) is 0. The molecule has 0 aromatic heterocycles. The molecule has 0 aliphatic carbocycles. The highest BCUT2D eigenvalue weighted by atomic mass is 15.1. The lowest BCUT2D eigenvalue weighted by molar-refractivity contribution is 0.549. The lowest BCUT2D eigenvalue weighted by atomic mass is 10.7. The van der Waals surface area contributed by atoms with Crippen LogP contribution in [0.25, 0.3) is 0 Å². The number of nitrogens with zero attached hydrogens (tertiary/aromatic N) is 2. The van der Waals surface area contributed by atoms with Crippen molar-refractivity contribution in [2.45, 2.75) is 6.92 Å². The van der Waals surface area contributed by atoms with E-state index in [0.29, 0.717) is 6.67 Å². The molecule has 0 unspecified atom stereocenters. The molecule has 48 valence electrons. The third kappa shape index (κ3) is 3.61. The lowest BCUT2D eigenvalue weighted by Crippen LogP contribution is -2.15. The summed E-state index contributed by atoms with van der Waals surface area (Å²) in [4.78, 5) is 5.79. The second-order valence-corrected chi connectivity index (χ2v) is 1.55. The predicted molar refractivity (Wildman–Crippen MR) is 35.9 cm³/mol.